The highest BCUT2D eigenvalue weighted by molar-refractivity contribution is 7.99. The molecule has 0 fully saturated rings. The molecule has 2 N–H and O–H groups in total. The number of ether oxygens (including phenoxy) is 1. The molecule has 0 aliphatic rings. The predicted octanol–water partition coefficient (Wildman–Crippen LogP) is 0.534. The molecule has 3 amide bonds. The number of methoxy groups -OCH3 is 1. The van der Waals surface area contributed by atoms with Crippen LogP contribution in [0.1, 0.15) is 0 Å². The molecule has 24 heavy (non-hydrogen) atoms. The van der Waals surface area contributed by atoms with E-state index in [9.17, 15) is 9.59 Å². The van der Waals surface area contributed by atoms with Crippen molar-refractivity contribution in [2.45, 2.75) is 11.7 Å². The average molecular weight is 350 g/mol. The number of thioether (sulfide) groups is 1. The Hall–Kier alpha value is -2.46. The summed E-state index contributed by atoms with van der Waals surface area (Å²) in [6, 6.07) is 3.12. The number of urea groups is 1. The zero-order valence-corrected chi connectivity index (χ0v) is 14.2. The molecule has 2 aromatic heterocycles. The molecular weight excluding hydrogens is 332 g/mol. The molecule has 2 heterocycles. The van der Waals surface area contributed by atoms with Crippen LogP contribution in [0.15, 0.2) is 29.7 Å². The van der Waals surface area contributed by atoms with Gasteiger partial charge in [-0.2, -0.15) is 0 Å². The molecule has 0 bridgehead atoms. The van der Waals surface area contributed by atoms with Gasteiger partial charge in [0.25, 0.3) is 0 Å². The number of hydrogen-bond donors (Lipinski definition) is 2. The van der Waals surface area contributed by atoms with Crippen molar-refractivity contribution in [2.75, 3.05) is 26.5 Å². The van der Waals surface area contributed by atoms with Crippen molar-refractivity contribution in [1.82, 2.24) is 30.4 Å². The van der Waals surface area contributed by atoms with E-state index in [1.54, 1.807) is 19.5 Å². The standard InChI is InChI=1S/C14H18N6O3S/c1-15-13(22)17-11(21)9-24-14-19-18-12(20(14)7-8-23-2)10-3-5-16-6-4-10/h3-6H,7-9H2,1-2H3,(H2,15,17,21,22). The second-order valence-electron chi connectivity index (χ2n) is 4.60. The predicted molar refractivity (Wildman–Crippen MR) is 88.5 cm³/mol. The van der Waals surface area contributed by atoms with E-state index in [2.05, 4.69) is 25.8 Å². The van der Waals surface area contributed by atoms with Gasteiger partial charge in [0.2, 0.25) is 5.91 Å². The van der Waals surface area contributed by atoms with E-state index in [-0.39, 0.29) is 5.75 Å². The van der Waals surface area contributed by atoms with Crippen LogP contribution in [0.5, 0.6) is 0 Å². The Bertz CT molecular complexity index is 691. The third-order valence-electron chi connectivity index (χ3n) is 2.99. The third kappa shape index (κ3) is 4.77. The first-order valence-corrected chi connectivity index (χ1v) is 8.11. The number of rotatable bonds is 7. The van der Waals surface area contributed by atoms with E-state index in [1.165, 1.54) is 18.8 Å². The molecule has 0 aliphatic heterocycles. The lowest BCUT2D eigenvalue weighted by molar-refractivity contribution is -0.117. The molecule has 0 aliphatic carbocycles. The molecule has 0 aromatic carbocycles. The Morgan fingerprint density at radius 3 is 2.71 bits per heavy atom. The van der Waals surface area contributed by atoms with Crippen LogP contribution in [0.3, 0.4) is 0 Å². The molecule has 128 valence electrons. The fourth-order valence-electron chi connectivity index (χ4n) is 1.85. The van der Waals surface area contributed by atoms with Crippen molar-refractivity contribution in [3.63, 3.8) is 0 Å². The van der Waals surface area contributed by atoms with Gasteiger partial charge >= 0.3 is 6.03 Å². The van der Waals surface area contributed by atoms with Gasteiger partial charge in [-0.15, -0.1) is 10.2 Å². The number of nitrogens with one attached hydrogen (secondary N) is 2. The van der Waals surface area contributed by atoms with Crippen molar-refractivity contribution in [2.24, 2.45) is 0 Å². The lowest BCUT2D eigenvalue weighted by Gasteiger charge is -2.09. The van der Waals surface area contributed by atoms with Gasteiger partial charge in [0, 0.05) is 32.1 Å². The van der Waals surface area contributed by atoms with Crippen molar-refractivity contribution < 1.29 is 14.3 Å². The first kappa shape index (κ1) is 17.9. The molecule has 0 atom stereocenters. The highest BCUT2D eigenvalue weighted by Crippen LogP contribution is 2.23. The van der Waals surface area contributed by atoms with Gasteiger partial charge in [-0.3, -0.25) is 19.7 Å². The summed E-state index contributed by atoms with van der Waals surface area (Å²) in [7, 11) is 3.05. The normalized spacial score (nSPS) is 10.4. The lowest BCUT2D eigenvalue weighted by Crippen LogP contribution is -2.38. The van der Waals surface area contributed by atoms with Crippen molar-refractivity contribution >= 4 is 23.7 Å². The number of amides is 3. The van der Waals surface area contributed by atoms with E-state index in [0.29, 0.717) is 24.1 Å². The maximum absolute atomic E-state index is 11.7. The summed E-state index contributed by atoms with van der Waals surface area (Å²) in [5.41, 5.74) is 0.871. The Labute approximate surface area is 143 Å². The van der Waals surface area contributed by atoms with Gasteiger partial charge in [-0.05, 0) is 12.1 Å². The number of carbonyl (C=O) groups is 2. The van der Waals surface area contributed by atoms with Crippen LogP contribution in [-0.4, -0.2) is 58.2 Å². The first-order chi connectivity index (χ1) is 11.7. The zero-order valence-electron chi connectivity index (χ0n) is 13.4. The van der Waals surface area contributed by atoms with Crippen LogP contribution in [0.25, 0.3) is 11.4 Å². The van der Waals surface area contributed by atoms with Crippen molar-refractivity contribution in [1.29, 1.82) is 0 Å². The molecule has 9 nitrogen and oxygen atoms in total. The van der Waals surface area contributed by atoms with E-state index in [1.807, 2.05) is 16.7 Å². The van der Waals surface area contributed by atoms with Gasteiger partial charge in [-0.1, -0.05) is 11.8 Å². The number of hydrogen-bond acceptors (Lipinski definition) is 7. The summed E-state index contributed by atoms with van der Waals surface area (Å²) in [6.45, 7) is 1.02. The minimum atomic E-state index is -0.543. The van der Waals surface area contributed by atoms with E-state index < -0.39 is 11.9 Å². The maximum Gasteiger partial charge on any atom is 0.321 e. The Morgan fingerprint density at radius 1 is 1.29 bits per heavy atom. The van der Waals surface area contributed by atoms with E-state index >= 15 is 0 Å². The highest BCUT2D eigenvalue weighted by atomic mass is 32.2. The first-order valence-electron chi connectivity index (χ1n) is 7.12. The zero-order chi connectivity index (χ0) is 17.4. The number of pyridine rings is 1. The number of imide groups is 1. The fourth-order valence-corrected chi connectivity index (χ4v) is 2.61. The lowest BCUT2D eigenvalue weighted by atomic mass is 10.2. The van der Waals surface area contributed by atoms with E-state index in [4.69, 9.17) is 4.74 Å². The molecule has 0 saturated heterocycles. The Morgan fingerprint density at radius 2 is 2.04 bits per heavy atom. The Balaban J connectivity index is 2.13. The van der Waals surface area contributed by atoms with Crippen molar-refractivity contribution in [3.05, 3.63) is 24.5 Å². The fraction of sp³-hybridized carbons (Fsp3) is 0.357. The molecule has 0 spiro atoms. The minimum Gasteiger partial charge on any atom is -0.383 e. The SMILES string of the molecule is CNC(=O)NC(=O)CSc1nnc(-c2ccncc2)n1CCOC. The van der Waals surface area contributed by atoms with Gasteiger partial charge in [0.15, 0.2) is 11.0 Å². The van der Waals surface area contributed by atoms with Crippen molar-refractivity contribution in [3.8, 4) is 11.4 Å². The number of aromatic nitrogens is 4. The summed E-state index contributed by atoms with van der Waals surface area (Å²) in [5.74, 6) is 0.310. The van der Waals surface area contributed by atoms with Crippen LogP contribution in [0.4, 0.5) is 4.79 Å². The molecule has 0 radical (unpaired) electrons. The van der Waals surface area contributed by atoms with Gasteiger partial charge in [0.05, 0.1) is 18.9 Å². The van der Waals surface area contributed by atoms with E-state index in [0.717, 1.165) is 5.56 Å². The Kier molecular flexibility index (Phi) is 6.70. The largest absolute Gasteiger partial charge is 0.383 e. The minimum absolute atomic E-state index is 0.0505. The van der Waals surface area contributed by atoms with Crippen LogP contribution in [0, 0.1) is 0 Å². The van der Waals surface area contributed by atoms with Gasteiger partial charge in [-0.25, -0.2) is 4.79 Å². The smallest absolute Gasteiger partial charge is 0.321 e. The van der Waals surface area contributed by atoms with Crippen LogP contribution < -0.4 is 10.6 Å². The maximum atomic E-state index is 11.7. The van der Waals surface area contributed by atoms with Crippen LogP contribution in [0.2, 0.25) is 0 Å². The van der Waals surface area contributed by atoms with Gasteiger partial charge < -0.3 is 10.1 Å². The summed E-state index contributed by atoms with van der Waals surface area (Å²) >= 11 is 1.20. The van der Waals surface area contributed by atoms with Crippen LogP contribution in [-0.2, 0) is 16.1 Å². The second kappa shape index (κ2) is 8.99. The highest BCUT2D eigenvalue weighted by Gasteiger charge is 2.16. The molecule has 2 rings (SSSR count). The molecule has 10 heteroatoms. The van der Waals surface area contributed by atoms with Gasteiger partial charge in [0.1, 0.15) is 0 Å². The summed E-state index contributed by atoms with van der Waals surface area (Å²) in [5, 5.41) is 13.4. The second-order valence-corrected chi connectivity index (χ2v) is 5.54. The summed E-state index contributed by atoms with van der Waals surface area (Å²) in [4.78, 5) is 26.8. The molecule has 0 unspecified atom stereocenters. The molecule has 0 saturated carbocycles. The number of nitrogens with zero attached hydrogens (tertiary/aromatic N) is 4. The topological polar surface area (TPSA) is 111 Å². The molecular formula is C14H18N6O3S. The molecule has 2 aromatic rings. The summed E-state index contributed by atoms with van der Waals surface area (Å²) in [6.07, 6.45) is 3.35. The summed E-state index contributed by atoms with van der Waals surface area (Å²) < 4.78 is 7.00. The number of carbonyl (C=O) groups excluding carboxylic acids is 2. The quantitative estimate of drug-likeness (QED) is 0.701. The average Bonchev–Trinajstić information content (AvgIpc) is 3.01. The third-order valence-corrected chi connectivity index (χ3v) is 3.95. The van der Waals surface area contributed by atoms with Crippen LogP contribution >= 0.6 is 11.8 Å². The monoisotopic (exact) mass is 350 g/mol.